The summed E-state index contributed by atoms with van der Waals surface area (Å²) >= 11 is 1.64. The number of carbonyl (C=O) groups is 1. The average Bonchev–Trinajstić information content (AvgIpc) is 2.97. The Morgan fingerprint density at radius 1 is 1.00 bits per heavy atom. The molecular formula is C31H33N5O3S. The number of rotatable bonds is 9. The van der Waals surface area contributed by atoms with Gasteiger partial charge in [0.05, 0.1) is 17.9 Å². The van der Waals surface area contributed by atoms with Crippen LogP contribution in [-0.4, -0.2) is 45.2 Å². The van der Waals surface area contributed by atoms with E-state index in [-0.39, 0.29) is 18.7 Å². The third-order valence-electron chi connectivity index (χ3n) is 6.73. The van der Waals surface area contributed by atoms with E-state index >= 15 is 0 Å². The van der Waals surface area contributed by atoms with Gasteiger partial charge in [0.15, 0.2) is 0 Å². The minimum Gasteiger partial charge on any atom is -0.416 e. The highest BCUT2D eigenvalue weighted by atomic mass is 32.2. The molecular weight excluding hydrogens is 522 g/mol. The molecule has 0 aliphatic carbocycles. The van der Waals surface area contributed by atoms with Gasteiger partial charge >= 0.3 is 6.09 Å². The molecule has 1 aromatic heterocycles. The van der Waals surface area contributed by atoms with Gasteiger partial charge in [0.25, 0.3) is 0 Å². The lowest BCUT2D eigenvalue weighted by Crippen LogP contribution is -2.42. The van der Waals surface area contributed by atoms with Gasteiger partial charge in [0, 0.05) is 40.9 Å². The molecule has 0 spiro atoms. The Labute approximate surface area is 238 Å². The molecule has 8 nitrogen and oxygen atoms in total. The Kier molecular flexibility index (Phi) is 8.83. The molecule has 1 aliphatic rings. The molecule has 0 bridgehead atoms. The van der Waals surface area contributed by atoms with E-state index < -0.39 is 0 Å². The molecule has 4 aromatic rings. The number of ether oxygens (including phenoxy) is 1. The van der Waals surface area contributed by atoms with Gasteiger partial charge in [-0.25, -0.2) is 9.78 Å². The zero-order valence-electron chi connectivity index (χ0n) is 22.5. The summed E-state index contributed by atoms with van der Waals surface area (Å²) in [6, 6.07) is 24.2. The average molecular weight is 556 g/mol. The van der Waals surface area contributed by atoms with Crippen LogP contribution in [0.15, 0.2) is 94.9 Å². The molecule has 2 heterocycles. The molecule has 1 amide bonds. The van der Waals surface area contributed by atoms with Crippen LogP contribution < -0.4 is 10.6 Å². The van der Waals surface area contributed by atoms with Gasteiger partial charge in [-0.3, -0.25) is 0 Å². The van der Waals surface area contributed by atoms with Crippen molar-refractivity contribution in [3.8, 4) is 0 Å². The van der Waals surface area contributed by atoms with Crippen molar-refractivity contribution < 1.29 is 14.6 Å². The van der Waals surface area contributed by atoms with E-state index in [2.05, 4.69) is 29.3 Å². The molecule has 0 atom stereocenters. The standard InChI is InChI=1S/C31H33N5O3S/c1-21(2)39-31(38)36-17-15-24(16-18-36)33-29-25-11-5-6-12-26(25)34-30(35-29)32-19-22-9-3-7-13-27(22)40-28-14-8-4-10-23(28)20-37/h3-14,24,37H,1,15-20H2,2H3,(H2,32,33,34,35). The van der Waals surface area contributed by atoms with E-state index in [1.54, 1.807) is 23.6 Å². The van der Waals surface area contributed by atoms with Gasteiger partial charge in [-0.1, -0.05) is 66.9 Å². The van der Waals surface area contributed by atoms with Crippen molar-refractivity contribution in [3.63, 3.8) is 0 Å². The van der Waals surface area contributed by atoms with Crippen LogP contribution in [0.25, 0.3) is 10.9 Å². The van der Waals surface area contributed by atoms with Gasteiger partial charge in [-0.2, -0.15) is 4.98 Å². The highest BCUT2D eigenvalue weighted by Crippen LogP contribution is 2.33. The van der Waals surface area contributed by atoms with Crippen molar-refractivity contribution >= 4 is 40.5 Å². The number of benzene rings is 3. The lowest BCUT2D eigenvalue weighted by atomic mass is 10.1. The van der Waals surface area contributed by atoms with E-state index in [9.17, 15) is 9.90 Å². The molecule has 1 saturated heterocycles. The van der Waals surface area contributed by atoms with Crippen LogP contribution in [0.3, 0.4) is 0 Å². The van der Waals surface area contributed by atoms with Crippen LogP contribution in [0, 0.1) is 0 Å². The van der Waals surface area contributed by atoms with Crippen LogP contribution in [0.4, 0.5) is 16.6 Å². The number of aromatic nitrogens is 2. The first-order valence-electron chi connectivity index (χ1n) is 13.3. The molecule has 40 heavy (non-hydrogen) atoms. The molecule has 0 radical (unpaired) electrons. The minimum atomic E-state index is -0.344. The number of nitrogens with one attached hydrogen (secondary N) is 2. The first-order valence-corrected chi connectivity index (χ1v) is 14.2. The van der Waals surface area contributed by atoms with Crippen molar-refractivity contribution in [2.75, 3.05) is 23.7 Å². The highest BCUT2D eigenvalue weighted by Gasteiger charge is 2.25. The summed E-state index contributed by atoms with van der Waals surface area (Å²) in [5.41, 5.74) is 2.87. The normalized spacial score (nSPS) is 13.7. The molecule has 1 fully saturated rings. The number of carbonyl (C=O) groups excluding carboxylic acids is 1. The second kappa shape index (κ2) is 12.8. The minimum absolute atomic E-state index is 0.00189. The maximum absolute atomic E-state index is 12.2. The van der Waals surface area contributed by atoms with Gasteiger partial charge in [0.1, 0.15) is 5.82 Å². The van der Waals surface area contributed by atoms with Crippen molar-refractivity contribution in [2.45, 2.75) is 48.7 Å². The maximum Gasteiger partial charge on any atom is 0.414 e. The number of fused-ring (bicyclic) bond motifs is 1. The Bertz CT molecular complexity index is 1500. The highest BCUT2D eigenvalue weighted by molar-refractivity contribution is 7.99. The number of likely N-dealkylation sites (tertiary alicyclic amines) is 1. The molecule has 5 rings (SSSR count). The number of para-hydroxylation sites is 1. The van der Waals surface area contributed by atoms with E-state index in [0.29, 0.717) is 31.3 Å². The van der Waals surface area contributed by atoms with Crippen LogP contribution in [-0.2, 0) is 17.9 Å². The first kappa shape index (κ1) is 27.5. The molecule has 206 valence electrons. The van der Waals surface area contributed by atoms with Gasteiger partial charge in [-0.15, -0.1) is 0 Å². The summed E-state index contributed by atoms with van der Waals surface area (Å²) < 4.78 is 5.16. The van der Waals surface area contributed by atoms with Gasteiger partial charge in [0.2, 0.25) is 5.95 Å². The number of nitrogens with zero attached hydrogens (tertiary/aromatic N) is 3. The number of aliphatic hydroxyl groups is 1. The number of aliphatic hydroxyl groups excluding tert-OH is 1. The Morgan fingerprint density at radius 3 is 2.38 bits per heavy atom. The fourth-order valence-electron chi connectivity index (χ4n) is 4.66. The maximum atomic E-state index is 12.2. The van der Waals surface area contributed by atoms with Crippen molar-refractivity contribution in [3.05, 3.63) is 96.3 Å². The fraction of sp³-hybridized carbons (Fsp3) is 0.258. The van der Waals surface area contributed by atoms with E-state index in [1.165, 1.54) is 0 Å². The summed E-state index contributed by atoms with van der Waals surface area (Å²) in [4.78, 5) is 25.7. The molecule has 9 heteroatoms. The summed E-state index contributed by atoms with van der Waals surface area (Å²) in [6.45, 7) is 7.08. The smallest absolute Gasteiger partial charge is 0.414 e. The zero-order valence-corrected chi connectivity index (χ0v) is 23.3. The molecule has 3 N–H and O–H groups in total. The van der Waals surface area contributed by atoms with E-state index in [0.717, 1.165) is 50.5 Å². The van der Waals surface area contributed by atoms with Crippen LogP contribution in [0.2, 0.25) is 0 Å². The van der Waals surface area contributed by atoms with Crippen LogP contribution in [0.5, 0.6) is 0 Å². The number of hydrogen-bond donors (Lipinski definition) is 3. The lowest BCUT2D eigenvalue weighted by molar-refractivity contribution is 0.119. The zero-order chi connectivity index (χ0) is 27.9. The van der Waals surface area contributed by atoms with Crippen molar-refractivity contribution in [1.29, 1.82) is 0 Å². The number of anilines is 2. The third kappa shape index (κ3) is 6.73. The van der Waals surface area contributed by atoms with Crippen molar-refractivity contribution in [1.82, 2.24) is 14.9 Å². The van der Waals surface area contributed by atoms with E-state index in [1.807, 2.05) is 60.7 Å². The lowest BCUT2D eigenvalue weighted by Gasteiger charge is -2.32. The molecule has 1 aliphatic heterocycles. The summed E-state index contributed by atoms with van der Waals surface area (Å²) in [6.07, 6.45) is 1.22. The monoisotopic (exact) mass is 555 g/mol. The Hall–Kier alpha value is -4.08. The predicted octanol–water partition coefficient (Wildman–Crippen LogP) is 6.43. The molecule has 3 aromatic carbocycles. The van der Waals surface area contributed by atoms with Gasteiger partial charge < -0.3 is 25.4 Å². The number of hydrogen-bond acceptors (Lipinski definition) is 8. The molecule has 0 unspecified atom stereocenters. The molecule has 0 saturated carbocycles. The van der Waals surface area contributed by atoms with Crippen molar-refractivity contribution in [2.24, 2.45) is 0 Å². The SMILES string of the molecule is C=C(C)OC(=O)N1CCC(Nc2nc(NCc3ccccc3Sc3ccccc3CO)nc3ccccc23)CC1. The first-order chi connectivity index (χ1) is 19.5. The number of allylic oxidation sites excluding steroid dienone is 1. The fourth-order valence-corrected chi connectivity index (χ4v) is 5.72. The number of amides is 1. The quantitative estimate of drug-likeness (QED) is 0.203. The second-order valence-electron chi connectivity index (χ2n) is 9.72. The Balaban J connectivity index is 1.30. The summed E-state index contributed by atoms with van der Waals surface area (Å²) in [5, 5.41) is 17.7. The predicted molar refractivity (Wildman–Crippen MR) is 159 cm³/mol. The summed E-state index contributed by atoms with van der Waals surface area (Å²) in [5.74, 6) is 1.71. The third-order valence-corrected chi connectivity index (χ3v) is 7.97. The topological polar surface area (TPSA) is 99.6 Å². The van der Waals surface area contributed by atoms with Crippen LogP contribution in [0.1, 0.15) is 30.9 Å². The summed E-state index contributed by atoms with van der Waals surface area (Å²) in [7, 11) is 0. The van der Waals surface area contributed by atoms with E-state index in [4.69, 9.17) is 14.7 Å². The number of piperidine rings is 1. The largest absolute Gasteiger partial charge is 0.416 e. The van der Waals surface area contributed by atoms with Gasteiger partial charge in [-0.05, 0) is 55.2 Å². The second-order valence-corrected chi connectivity index (χ2v) is 10.8. The van der Waals surface area contributed by atoms with Crippen LogP contribution >= 0.6 is 11.8 Å². The Morgan fingerprint density at radius 2 is 1.65 bits per heavy atom.